The second kappa shape index (κ2) is 2.33. The lowest BCUT2D eigenvalue weighted by molar-refractivity contribution is 0.398. The number of rotatable bonds is 1. The number of hydrogen-bond donors (Lipinski definition) is 2. The van der Waals surface area contributed by atoms with Gasteiger partial charge in [0.2, 0.25) is 5.95 Å². The van der Waals surface area contributed by atoms with E-state index in [2.05, 4.69) is 20.3 Å². The summed E-state index contributed by atoms with van der Waals surface area (Å²) in [5.41, 5.74) is 6.11. The smallest absolute Gasteiger partial charge is 0.239 e. The Morgan fingerprint density at radius 3 is 2.92 bits per heavy atom. The monoisotopic (exact) mass is 165 g/mol. The zero-order valence-electron chi connectivity index (χ0n) is 6.40. The van der Waals surface area contributed by atoms with Gasteiger partial charge in [-0.1, -0.05) is 5.16 Å². The molecule has 0 saturated heterocycles. The van der Waals surface area contributed by atoms with Crippen molar-refractivity contribution < 1.29 is 4.52 Å². The third-order valence-electron chi connectivity index (χ3n) is 1.51. The van der Waals surface area contributed by atoms with Crippen molar-refractivity contribution in [3.8, 4) is 11.4 Å². The number of H-pyrrole nitrogens is 1. The van der Waals surface area contributed by atoms with Crippen LogP contribution in [0.2, 0.25) is 0 Å². The van der Waals surface area contributed by atoms with Crippen LogP contribution in [0.1, 0.15) is 5.76 Å². The molecule has 0 aromatic carbocycles. The van der Waals surface area contributed by atoms with E-state index in [1.807, 2.05) is 0 Å². The Kier molecular flexibility index (Phi) is 1.33. The largest absolute Gasteiger partial charge is 0.366 e. The zero-order chi connectivity index (χ0) is 8.55. The summed E-state index contributed by atoms with van der Waals surface area (Å²) in [7, 11) is 0. The van der Waals surface area contributed by atoms with E-state index in [1.54, 1.807) is 13.1 Å². The Balaban J connectivity index is 2.50. The Morgan fingerprint density at radius 1 is 1.58 bits per heavy atom. The summed E-state index contributed by atoms with van der Waals surface area (Å²) in [5, 5.41) is 9.95. The van der Waals surface area contributed by atoms with Crippen LogP contribution in [0.15, 0.2) is 10.7 Å². The van der Waals surface area contributed by atoms with Gasteiger partial charge in [0.15, 0.2) is 5.82 Å². The van der Waals surface area contributed by atoms with Crippen LogP contribution in [-0.4, -0.2) is 20.3 Å². The van der Waals surface area contributed by atoms with Crippen LogP contribution in [0.3, 0.4) is 0 Å². The van der Waals surface area contributed by atoms with Crippen LogP contribution in [0.5, 0.6) is 0 Å². The number of aryl methyl sites for hydroxylation is 1. The van der Waals surface area contributed by atoms with Gasteiger partial charge in [0.1, 0.15) is 5.76 Å². The van der Waals surface area contributed by atoms with Crippen molar-refractivity contribution in [1.82, 2.24) is 20.3 Å². The summed E-state index contributed by atoms with van der Waals surface area (Å²) in [5.74, 6) is 1.48. The highest BCUT2D eigenvalue weighted by atomic mass is 16.5. The lowest BCUT2D eigenvalue weighted by Crippen LogP contribution is -1.85. The zero-order valence-corrected chi connectivity index (χ0v) is 6.40. The molecule has 0 atom stereocenters. The van der Waals surface area contributed by atoms with Gasteiger partial charge in [-0.2, -0.15) is 4.98 Å². The highest BCUT2D eigenvalue weighted by Crippen LogP contribution is 2.18. The third kappa shape index (κ3) is 0.931. The van der Waals surface area contributed by atoms with Crippen molar-refractivity contribution in [3.63, 3.8) is 0 Å². The van der Waals surface area contributed by atoms with Gasteiger partial charge in [-0.05, 0) is 6.92 Å². The number of nitrogens with zero attached hydrogens (tertiary/aromatic N) is 3. The molecule has 2 heterocycles. The predicted molar refractivity (Wildman–Crippen MR) is 41.0 cm³/mol. The van der Waals surface area contributed by atoms with Gasteiger partial charge < -0.3 is 10.3 Å². The summed E-state index contributed by atoms with van der Waals surface area (Å²) in [4.78, 5) is 3.93. The summed E-state index contributed by atoms with van der Waals surface area (Å²) in [6, 6.07) is 0. The molecule has 0 spiro atoms. The highest BCUT2D eigenvalue weighted by Gasteiger charge is 2.09. The molecule has 2 aromatic heterocycles. The summed E-state index contributed by atoms with van der Waals surface area (Å²) in [6.45, 7) is 1.79. The standard InChI is InChI=1S/C6H7N5O/c1-3-4(2-8-12-3)5-9-6(7)11-10-5/h2H,1H3,(H3,7,9,10,11). The number of aromatic nitrogens is 4. The van der Waals surface area contributed by atoms with Gasteiger partial charge in [-0.25, -0.2) is 0 Å². The van der Waals surface area contributed by atoms with Crippen LogP contribution in [0, 0.1) is 6.92 Å². The second-order valence-corrected chi connectivity index (χ2v) is 2.34. The molecule has 2 rings (SSSR count). The first-order valence-electron chi connectivity index (χ1n) is 3.37. The maximum Gasteiger partial charge on any atom is 0.239 e. The number of anilines is 1. The average molecular weight is 165 g/mol. The van der Waals surface area contributed by atoms with Crippen LogP contribution in [0.4, 0.5) is 5.95 Å². The number of nitrogen functional groups attached to an aromatic ring is 1. The quantitative estimate of drug-likeness (QED) is 0.635. The molecular weight excluding hydrogens is 158 g/mol. The maximum absolute atomic E-state index is 5.33. The first-order chi connectivity index (χ1) is 5.77. The number of nitrogens with two attached hydrogens (primary N) is 1. The fourth-order valence-corrected chi connectivity index (χ4v) is 0.921. The molecule has 0 bridgehead atoms. The maximum atomic E-state index is 5.33. The van der Waals surface area contributed by atoms with Gasteiger partial charge in [-0.3, -0.25) is 5.10 Å². The summed E-state index contributed by atoms with van der Waals surface area (Å²) < 4.78 is 4.85. The molecule has 62 valence electrons. The first-order valence-corrected chi connectivity index (χ1v) is 3.37. The number of hydrogen-bond acceptors (Lipinski definition) is 5. The molecule has 3 N–H and O–H groups in total. The van der Waals surface area contributed by atoms with E-state index in [0.717, 1.165) is 5.56 Å². The van der Waals surface area contributed by atoms with Crippen LogP contribution in [-0.2, 0) is 0 Å². The van der Waals surface area contributed by atoms with Crippen LogP contribution in [0.25, 0.3) is 11.4 Å². The molecule has 0 amide bonds. The number of nitrogens with one attached hydrogen (secondary N) is 1. The normalized spacial score (nSPS) is 10.4. The lowest BCUT2D eigenvalue weighted by Gasteiger charge is -1.86. The minimum atomic E-state index is 0.214. The van der Waals surface area contributed by atoms with Gasteiger partial charge in [-0.15, -0.1) is 5.10 Å². The third-order valence-corrected chi connectivity index (χ3v) is 1.51. The average Bonchev–Trinajstić information content (AvgIpc) is 2.58. The molecule has 12 heavy (non-hydrogen) atoms. The van der Waals surface area contributed by atoms with Crippen molar-refractivity contribution in [2.24, 2.45) is 0 Å². The fourth-order valence-electron chi connectivity index (χ4n) is 0.921. The second-order valence-electron chi connectivity index (χ2n) is 2.34. The van der Waals surface area contributed by atoms with Crippen molar-refractivity contribution in [1.29, 1.82) is 0 Å². The van der Waals surface area contributed by atoms with Gasteiger partial charge >= 0.3 is 0 Å². The molecule has 0 aliphatic heterocycles. The molecular formula is C6H7N5O. The Bertz CT molecular complexity index is 390. The van der Waals surface area contributed by atoms with E-state index < -0.39 is 0 Å². The van der Waals surface area contributed by atoms with Crippen molar-refractivity contribution in [2.75, 3.05) is 5.73 Å². The van der Waals surface area contributed by atoms with Gasteiger partial charge in [0, 0.05) is 0 Å². The molecule has 0 radical (unpaired) electrons. The highest BCUT2D eigenvalue weighted by molar-refractivity contribution is 5.56. The number of aromatic amines is 1. The summed E-state index contributed by atoms with van der Waals surface area (Å²) >= 11 is 0. The van der Waals surface area contributed by atoms with Crippen molar-refractivity contribution >= 4 is 5.95 Å². The Hall–Kier alpha value is -1.85. The van der Waals surface area contributed by atoms with E-state index in [1.165, 1.54) is 0 Å². The first kappa shape index (κ1) is 6.84. The molecule has 0 aliphatic carbocycles. The molecule has 0 fully saturated rings. The van der Waals surface area contributed by atoms with Crippen LogP contribution < -0.4 is 5.73 Å². The van der Waals surface area contributed by atoms with Gasteiger partial charge in [0.05, 0.1) is 11.8 Å². The van der Waals surface area contributed by atoms with E-state index in [0.29, 0.717) is 11.6 Å². The van der Waals surface area contributed by atoms with Crippen LogP contribution >= 0.6 is 0 Å². The lowest BCUT2D eigenvalue weighted by atomic mass is 10.3. The van der Waals surface area contributed by atoms with Crippen molar-refractivity contribution in [2.45, 2.75) is 6.92 Å². The predicted octanol–water partition coefficient (Wildman–Crippen LogP) is 0.350. The van der Waals surface area contributed by atoms with E-state index in [9.17, 15) is 0 Å². The molecule has 0 unspecified atom stereocenters. The van der Waals surface area contributed by atoms with E-state index in [-0.39, 0.29) is 5.95 Å². The fraction of sp³-hybridized carbons (Fsp3) is 0.167. The van der Waals surface area contributed by atoms with Crippen molar-refractivity contribution in [3.05, 3.63) is 12.0 Å². The van der Waals surface area contributed by atoms with E-state index in [4.69, 9.17) is 10.3 Å². The molecule has 0 aliphatic rings. The minimum absolute atomic E-state index is 0.214. The topological polar surface area (TPSA) is 93.6 Å². The van der Waals surface area contributed by atoms with E-state index >= 15 is 0 Å². The minimum Gasteiger partial charge on any atom is -0.366 e. The molecule has 6 heteroatoms. The Labute approximate surface area is 67.8 Å². The SMILES string of the molecule is Cc1oncc1-c1nc(N)n[nH]1. The molecule has 0 saturated carbocycles. The molecule has 6 nitrogen and oxygen atoms in total. The molecule has 2 aromatic rings. The van der Waals surface area contributed by atoms with Gasteiger partial charge in [0.25, 0.3) is 0 Å². The Morgan fingerprint density at radius 2 is 2.42 bits per heavy atom. The summed E-state index contributed by atoms with van der Waals surface area (Å²) in [6.07, 6.45) is 1.56.